The number of nitrogens with zero attached hydrogens (tertiary/aromatic N) is 1. The summed E-state index contributed by atoms with van der Waals surface area (Å²) in [7, 11) is 1.66. The number of methoxy groups -OCH3 is 1. The van der Waals surface area contributed by atoms with E-state index in [9.17, 15) is 0 Å². The van der Waals surface area contributed by atoms with Crippen LogP contribution in [-0.4, -0.2) is 12.3 Å². The van der Waals surface area contributed by atoms with Crippen LogP contribution in [0.15, 0.2) is 27.2 Å². The first-order valence-electron chi connectivity index (χ1n) is 6.06. The fourth-order valence-corrected chi connectivity index (χ4v) is 2.49. The smallest absolute Gasteiger partial charge is 0.138 e. The highest BCUT2D eigenvalue weighted by Gasteiger charge is 2.08. The average molecular weight is 325 g/mol. The van der Waals surface area contributed by atoms with Gasteiger partial charge in [-0.3, -0.25) is 0 Å². The summed E-state index contributed by atoms with van der Waals surface area (Å²) in [4.78, 5) is 0. The SMILES string of the molecule is COc1ccc(CNCc2c(C)noc2C)cc1Br. The molecule has 0 spiro atoms. The third-order valence-corrected chi connectivity index (χ3v) is 3.65. The van der Waals surface area contributed by atoms with Crippen LogP contribution >= 0.6 is 15.9 Å². The maximum Gasteiger partial charge on any atom is 0.138 e. The molecule has 0 saturated heterocycles. The molecule has 0 atom stereocenters. The predicted molar refractivity (Wildman–Crippen MR) is 77.2 cm³/mol. The van der Waals surface area contributed by atoms with E-state index in [1.165, 1.54) is 5.56 Å². The van der Waals surface area contributed by atoms with Gasteiger partial charge in [0.15, 0.2) is 0 Å². The van der Waals surface area contributed by atoms with E-state index in [0.717, 1.165) is 40.3 Å². The Morgan fingerprint density at radius 1 is 1.32 bits per heavy atom. The zero-order valence-electron chi connectivity index (χ0n) is 11.3. The van der Waals surface area contributed by atoms with Crippen LogP contribution < -0.4 is 10.1 Å². The molecule has 0 bridgehead atoms. The van der Waals surface area contributed by atoms with Gasteiger partial charge in [-0.2, -0.15) is 0 Å². The summed E-state index contributed by atoms with van der Waals surface area (Å²) in [6.07, 6.45) is 0. The molecule has 1 N–H and O–H groups in total. The number of hydrogen-bond acceptors (Lipinski definition) is 4. The Labute approximate surface area is 121 Å². The molecule has 0 fully saturated rings. The maximum absolute atomic E-state index is 5.21. The molecule has 0 aliphatic carbocycles. The molecule has 102 valence electrons. The monoisotopic (exact) mass is 324 g/mol. The molecule has 0 saturated carbocycles. The van der Waals surface area contributed by atoms with Crippen LogP contribution in [0.2, 0.25) is 0 Å². The molecule has 1 aromatic carbocycles. The standard InChI is InChI=1S/C14H17BrN2O2/c1-9-12(10(2)19-17-9)8-16-7-11-4-5-14(18-3)13(15)6-11/h4-6,16H,7-8H2,1-3H3. The summed E-state index contributed by atoms with van der Waals surface area (Å²) in [5.74, 6) is 1.72. The lowest BCUT2D eigenvalue weighted by molar-refractivity contribution is 0.392. The first-order valence-corrected chi connectivity index (χ1v) is 6.86. The van der Waals surface area contributed by atoms with Gasteiger partial charge >= 0.3 is 0 Å². The van der Waals surface area contributed by atoms with Crippen molar-refractivity contribution in [3.05, 3.63) is 45.3 Å². The Morgan fingerprint density at radius 2 is 2.11 bits per heavy atom. The number of aryl methyl sites for hydroxylation is 2. The maximum atomic E-state index is 5.21. The highest BCUT2D eigenvalue weighted by atomic mass is 79.9. The van der Waals surface area contributed by atoms with Gasteiger partial charge in [0.25, 0.3) is 0 Å². The molecule has 19 heavy (non-hydrogen) atoms. The minimum absolute atomic E-state index is 0.755. The van der Waals surface area contributed by atoms with Gasteiger partial charge in [-0.15, -0.1) is 0 Å². The average Bonchev–Trinajstić information content (AvgIpc) is 2.70. The highest BCUT2D eigenvalue weighted by Crippen LogP contribution is 2.25. The van der Waals surface area contributed by atoms with Crippen LogP contribution in [0.4, 0.5) is 0 Å². The number of rotatable bonds is 5. The van der Waals surface area contributed by atoms with Gasteiger partial charge < -0.3 is 14.6 Å². The first kappa shape index (κ1) is 14.1. The fourth-order valence-electron chi connectivity index (χ4n) is 1.91. The summed E-state index contributed by atoms with van der Waals surface area (Å²) < 4.78 is 11.3. The lowest BCUT2D eigenvalue weighted by atomic mass is 10.2. The molecule has 0 amide bonds. The van der Waals surface area contributed by atoms with Crippen molar-refractivity contribution < 1.29 is 9.26 Å². The molecule has 0 unspecified atom stereocenters. The Hall–Kier alpha value is -1.33. The highest BCUT2D eigenvalue weighted by molar-refractivity contribution is 9.10. The molecule has 0 aliphatic heterocycles. The summed E-state index contributed by atoms with van der Waals surface area (Å²) >= 11 is 3.48. The van der Waals surface area contributed by atoms with Crippen molar-refractivity contribution in [2.24, 2.45) is 0 Å². The van der Waals surface area contributed by atoms with Crippen LogP contribution in [0.5, 0.6) is 5.75 Å². The molecule has 5 heteroatoms. The lowest BCUT2D eigenvalue weighted by Gasteiger charge is -2.07. The number of benzene rings is 1. The number of ether oxygens (including phenoxy) is 1. The Balaban J connectivity index is 1.94. The molecular formula is C14H17BrN2O2. The first-order chi connectivity index (χ1) is 9.11. The predicted octanol–water partition coefficient (Wildman–Crippen LogP) is 3.35. The van der Waals surface area contributed by atoms with Crippen LogP contribution in [0.25, 0.3) is 0 Å². The van der Waals surface area contributed by atoms with Crippen LogP contribution in [0.3, 0.4) is 0 Å². The van der Waals surface area contributed by atoms with Gasteiger partial charge in [0.2, 0.25) is 0 Å². The number of halogens is 1. The van der Waals surface area contributed by atoms with Gasteiger partial charge in [-0.25, -0.2) is 0 Å². The van der Waals surface area contributed by atoms with E-state index in [0.29, 0.717) is 0 Å². The quantitative estimate of drug-likeness (QED) is 0.916. The van der Waals surface area contributed by atoms with Crippen LogP contribution in [0, 0.1) is 13.8 Å². The van der Waals surface area contributed by atoms with Gasteiger partial charge in [0, 0.05) is 18.7 Å². The van der Waals surface area contributed by atoms with Crippen molar-refractivity contribution in [2.45, 2.75) is 26.9 Å². The summed E-state index contributed by atoms with van der Waals surface area (Å²) in [5.41, 5.74) is 3.27. The Kier molecular flexibility index (Phi) is 4.61. The van der Waals surface area contributed by atoms with Gasteiger partial charge in [-0.05, 0) is 47.5 Å². The second-order valence-electron chi connectivity index (χ2n) is 4.38. The summed E-state index contributed by atoms with van der Waals surface area (Å²) in [6, 6.07) is 6.06. The van der Waals surface area contributed by atoms with Crippen molar-refractivity contribution >= 4 is 15.9 Å². The molecule has 2 aromatic rings. The third-order valence-electron chi connectivity index (χ3n) is 3.03. The van der Waals surface area contributed by atoms with Crippen molar-refractivity contribution in [2.75, 3.05) is 7.11 Å². The van der Waals surface area contributed by atoms with E-state index in [1.807, 2.05) is 26.0 Å². The second kappa shape index (κ2) is 6.21. The van der Waals surface area contributed by atoms with Crippen molar-refractivity contribution in [1.29, 1.82) is 0 Å². The molecule has 1 aromatic heterocycles. The van der Waals surface area contributed by atoms with Crippen LogP contribution in [-0.2, 0) is 13.1 Å². The number of nitrogens with one attached hydrogen (secondary N) is 1. The fraction of sp³-hybridized carbons (Fsp3) is 0.357. The van der Waals surface area contributed by atoms with E-state index in [4.69, 9.17) is 9.26 Å². The number of aromatic nitrogens is 1. The Morgan fingerprint density at radius 3 is 2.68 bits per heavy atom. The van der Waals surface area contributed by atoms with Crippen molar-refractivity contribution in [3.63, 3.8) is 0 Å². The van der Waals surface area contributed by atoms with Crippen molar-refractivity contribution in [1.82, 2.24) is 10.5 Å². The molecule has 4 nitrogen and oxygen atoms in total. The van der Waals surface area contributed by atoms with Crippen molar-refractivity contribution in [3.8, 4) is 5.75 Å². The minimum atomic E-state index is 0.755. The number of hydrogen-bond donors (Lipinski definition) is 1. The topological polar surface area (TPSA) is 47.3 Å². The van der Waals surface area contributed by atoms with E-state index in [1.54, 1.807) is 7.11 Å². The molecule has 1 heterocycles. The third kappa shape index (κ3) is 3.36. The Bertz CT molecular complexity index is 547. The minimum Gasteiger partial charge on any atom is -0.496 e. The van der Waals surface area contributed by atoms with E-state index in [-0.39, 0.29) is 0 Å². The summed E-state index contributed by atoms with van der Waals surface area (Å²) in [6.45, 7) is 5.43. The van der Waals surface area contributed by atoms with Crippen LogP contribution in [0.1, 0.15) is 22.6 Å². The molecular weight excluding hydrogens is 308 g/mol. The zero-order valence-corrected chi connectivity index (χ0v) is 12.9. The van der Waals surface area contributed by atoms with E-state index in [2.05, 4.69) is 32.5 Å². The van der Waals surface area contributed by atoms with Gasteiger partial charge in [-0.1, -0.05) is 11.2 Å². The van der Waals surface area contributed by atoms with Gasteiger partial charge in [0.05, 0.1) is 17.3 Å². The summed E-state index contributed by atoms with van der Waals surface area (Å²) in [5, 5.41) is 7.33. The molecule has 0 radical (unpaired) electrons. The van der Waals surface area contributed by atoms with E-state index >= 15 is 0 Å². The lowest BCUT2D eigenvalue weighted by Crippen LogP contribution is -2.13. The van der Waals surface area contributed by atoms with Gasteiger partial charge in [0.1, 0.15) is 11.5 Å². The zero-order chi connectivity index (χ0) is 13.8. The molecule has 2 rings (SSSR count). The largest absolute Gasteiger partial charge is 0.496 e. The second-order valence-corrected chi connectivity index (χ2v) is 5.23. The normalized spacial score (nSPS) is 10.7. The molecule has 0 aliphatic rings. The van der Waals surface area contributed by atoms with E-state index < -0.39 is 0 Å².